The van der Waals surface area contributed by atoms with Crippen LogP contribution in [0.4, 0.5) is 0 Å². The Balaban J connectivity index is 3.10. The lowest BCUT2D eigenvalue weighted by Crippen LogP contribution is -2.44. The summed E-state index contributed by atoms with van der Waals surface area (Å²) in [6, 6.07) is 5.15. The van der Waals surface area contributed by atoms with Crippen molar-refractivity contribution in [3.05, 3.63) is 29.3 Å². The van der Waals surface area contributed by atoms with E-state index in [1.54, 1.807) is 12.1 Å². The highest BCUT2D eigenvalue weighted by Crippen LogP contribution is 2.17. The van der Waals surface area contributed by atoms with Crippen LogP contribution in [0.5, 0.6) is 0 Å². The van der Waals surface area contributed by atoms with E-state index < -0.39 is 15.6 Å². The molecule has 0 unspecified atom stereocenters. The second kappa shape index (κ2) is 5.08. The Kier molecular flexibility index (Phi) is 4.38. The van der Waals surface area contributed by atoms with Crippen molar-refractivity contribution in [3.8, 4) is 0 Å². The third kappa shape index (κ3) is 3.79. The number of sulfonamides is 1. The first-order chi connectivity index (χ1) is 7.68. The van der Waals surface area contributed by atoms with Gasteiger partial charge < -0.3 is 0 Å². The highest BCUT2D eigenvalue weighted by Gasteiger charge is 2.25. The molecule has 96 valence electrons. The summed E-state index contributed by atoms with van der Waals surface area (Å²) < 4.78 is 26.9. The lowest BCUT2D eigenvalue weighted by Gasteiger charge is -2.23. The van der Waals surface area contributed by atoms with Crippen molar-refractivity contribution >= 4 is 26.0 Å². The monoisotopic (exact) mass is 319 g/mol. The number of alkyl halides is 1. The van der Waals surface area contributed by atoms with Crippen molar-refractivity contribution in [3.63, 3.8) is 0 Å². The van der Waals surface area contributed by atoms with Crippen molar-refractivity contribution in [1.29, 1.82) is 0 Å². The topological polar surface area (TPSA) is 46.2 Å². The lowest BCUT2D eigenvalue weighted by molar-refractivity contribution is 0.500. The predicted molar refractivity (Wildman–Crippen MR) is 74.1 cm³/mol. The van der Waals surface area contributed by atoms with Gasteiger partial charge >= 0.3 is 0 Å². The first kappa shape index (κ1) is 14.7. The van der Waals surface area contributed by atoms with E-state index in [4.69, 9.17) is 0 Å². The fraction of sp³-hybridized carbons (Fsp3) is 0.500. The Morgan fingerprint density at radius 2 is 1.82 bits per heavy atom. The smallest absolute Gasteiger partial charge is 0.207 e. The summed E-state index contributed by atoms with van der Waals surface area (Å²) in [5, 5.41) is 0.560. The van der Waals surface area contributed by atoms with Crippen LogP contribution < -0.4 is 4.72 Å². The maximum absolute atomic E-state index is 12.1. The molecule has 0 atom stereocenters. The van der Waals surface area contributed by atoms with Gasteiger partial charge in [-0.15, -0.1) is 0 Å². The van der Waals surface area contributed by atoms with Crippen molar-refractivity contribution in [2.75, 3.05) is 5.33 Å². The van der Waals surface area contributed by atoms with Crippen molar-refractivity contribution in [2.45, 2.75) is 38.1 Å². The van der Waals surface area contributed by atoms with Crippen LogP contribution in [0.2, 0.25) is 0 Å². The minimum Gasteiger partial charge on any atom is -0.207 e. The van der Waals surface area contributed by atoms with E-state index in [0.717, 1.165) is 11.1 Å². The summed E-state index contributed by atoms with van der Waals surface area (Å²) in [6.45, 7) is 7.53. The van der Waals surface area contributed by atoms with E-state index in [1.165, 1.54) is 0 Å². The SMILES string of the molecule is Cc1ccc(S(=O)(=O)NC(C)(C)CBr)cc1C. The third-order valence-corrected chi connectivity index (χ3v) is 5.63. The van der Waals surface area contributed by atoms with Gasteiger partial charge in [0, 0.05) is 10.9 Å². The quantitative estimate of drug-likeness (QED) is 0.867. The number of aryl methyl sites for hydroxylation is 2. The number of benzene rings is 1. The van der Waals surface area contributed by atoms with E-state index >= 15 is 0 Å². The average Bonchev–Trinajstić information content (AvgIpc) is 2.20. The molecule has 0 aromatic heterocycles. The van der Waals surface area contributed by atoms with Crippen LogP contribution in [0.1, 0.15) is 25.0 Å². The second-order valence-corrected chi connectivity index (χ2v) is 7.11. The van der Waals surface area contributed by atoms with Crippen LogP contribution in [-0.4, -0.2) is 19.3 Å². The van der Waals surface area contributed by atoms with Gasteiger partial charge in [-0.25, -0.2) is 13.1 Å². The molecule has 0 saturated carbocycles. The van der Waals surface area contributed by atoms with Gasteiger partial charge in [0.1, 0.15) is 0 Å². The summed E-state index contributed by atoms with van der Waals surface area (Å²) >= 11 is 3.30. The Bertz CT molecular complexity index is 509. The van der Waals surface area contributed by atoms with Gasteiger partial charge in [0.2, 0.25) is 10.0 Å². The maximum atomic E-state index is 12.1. The lowest BCUT2D eigenvalue weighted by atomic mass is 10.1. The van der Waals surface area contributed by atoms with Gasteiger partial charge in [0.25, 0.3) is 0 Å². The summed E-state index contributed by atoms with van der Waals surface area (Å²) in [4.78, 5) is 0.314. The van der Waals surface area contributed by atoms with Crippen LogP contribution in [0.3, 0.4) is 0 Å². The number of rotatable bonds is 4. The zero-order valence-corrected chi connectivity index (χ0v) is 12.9. The summed E-state index contributed by atoms with van der Waals surface area (Å²) in [6.07, 6.45) is 0. The zero-order chi connectivity index (χ0) is 13.3. The summed E-state index contributed by atoms with van der Waals surface area (Å²) in [5.41, 5.74) is 1.56. The molecule has 0 spiro atoms. The fourth-order valence-corrected chi connectivity index (χ4v) is 3.15. The molecule has 0 saturated heterocycles. The van der Waals surface area contributed by atoms with Crippen molar-refractivity contribution in [1.82, 2.24) is 4.72 Å². The molecule has 0 aliphatic carbocycles. The molecule has 0 aliphatic rings. The van der Waals surface area contributed by atoms with Crippen LogP contribution in [0.15, 0.2) is 23.1 Å². The van der Waals surface area contributed by atoms with Crippen LogP contribution in [0, 0.1) is 13.8 Å². The van der Waals surface area contributed by atoms with Crippen molar-refractivity contribution < 1.29 is 8.42 Å². The molecule has 0 fully saturated rings. The molecule has 1 rings (SSSR count). The van der Waals surface area contributed by atoms with E-state index in [2.05, 4.69) is 20.7 Å². The predicted octanol–water partition coefficient (Wildman–Crippen LogP) is 2.76. The molecule has 0 heterocycles. The highest BCUT2D eigenvalue weighted by atomic mass is 79.9. The molecular weight excluding hydrogens is 302 g/mol. The van der Waals surface area contributed by atoms with E-state index in [0.29, 0.717) is 10.2 Å². The standard InChI is InChI=1S/C12H18BrNO2S/c1-9-5-6-11(7-10(9)2)17(15,16)14-12(3,4)8-13/h5-7,14H,8H2,1-4H3. The van der Waals surface area contributed by atoms with Crippen LogP contribution in [0.25, 0.3) is 0 Å². The molecule has 3 nitrogen and oxygen atoms in total. The number of halogens is 1. The second-order valence-electron chi connectivity index (χ2n) is 4.87. The third-order valence-electron chi connectivity index (χ3n) is 2.53. The normalized spacial score (nSPS) is 12.8. The summed E-state index contributed by atoms with van der Waals surface area (Å²) in [5.74, 6) is 0. The molecule has 1 aromatic carbocycles. The fourth-order valence-electron chi connectivity index (χ4n) is 1.33. The van der Waals surface area contributed by atoms with Gasteiger partial charge in [-0.2, -0.15) is 0 Å². The Labute approximate surface area is 112 Å². The van der Waals surface area contributed by atoms with Gasteiger partial charge in [-0.05, 0) is 51.0 Å². The highest BCUT2D eigenvalue weighted by molar-refractivity contribution is 9.09. The van der Waals surface area contributed by atoms with Crippen molar-refractivity contribution in [2.24, 2.45) is 0 Å². The van der Waals surface area contributed by atoms with Gasteiger partial charge in [0.05, 0.1) is 4.90 Å². The Morgan fingerprint density at radius 1 is 1.24 bits per heavy atom. The first-order valence-electron chi connectivity index (χ1n) is 5.35. The van der Waals surface area contributed by atoms with Gasteiger partial charge in [0.15, 0.2) is 0 Å². The molecule has 0 amide bonds. The van der Waals surface area contributed by atoms with E-state index in [-0.39, 0.29) is 0 Å². The number of hydrogen-bond donors (Lipinski definition) is 1. The minimum atomic E-state index is -3.45. The van der Waals surface area contributed by atoms with Crippen LogP contribution >= 0.6 is 15.9 Å². The molecule has 0 bridgehead atoms. The minimum absolute atomic E-state index is 0.314. The molecular formula is C12H18BrNO2S. The van der Waals surface area contributed by atoms with E-state index in [1.807, 2.05) is 33.8 Å². The zero-order valence-electron chi connectivity index (χ0n) is 10.5. The largest absolute Gasteiger partial charge is 0.241 e. The number of nitrogens with one attached hydrogen (secondary N) is 1. The number of hydrogen-bond acceptors (Lipinski definition) is 2. The molecule has 5 heteroatoms. The first-order valence-corrected chi connectivity index (χ1v) is 7.96. The van der Waals surface area contributed by atoms with Crippen LogP contribution in [-0.2, 0) is 10.0 Å². The van der Waals surface area contributed by atoms with Gasteiger partial charge in [-0.1, -0.05) is 22.0 Å². The average molecular weight is 320 g/mol. The molecule has 1 N–H and O–H groups in total. The maximum Gasteiger partial charge on any atom is 0.241 e. The Hall–Kier alpha value is -0.390. The molecule has 0 radical (unpaired) electrons. The molecule has 17 heavy (non-hydrogen) atoms. The summed E-state index contributed by atoms with van der Waals surface area (Å²) in [7, 11) is -3.45. The molecule has 0 aliphatic heterocycles. The van der Waals surface area contributed by atoms with E-state index in [9.17, 15) is 8.42 Å². The molecule has 1 aromatic rings. The van der Waals surface area contributed by atoms with Gasteiger partial charge in [-0.3, -0.25) is 0 Å². The Morgan fingerprint density at radius 3 is 2.29 bits per heavy atom.